The predicted molar refractivity (Wildman–Crippen MR) is 71.6 cm³/mol. The van der Waals surface area contributed by atoms with Crippen molar-refractivity contribution in [3.63, 3.8) is 0 Å². The van der Waals surface area contributed by atoms with Gasteiger partial charge in [0.2, 0.25) is 0 Å². The molecule has 1 rings (SSSR count). The molecule has 0 saturated carbocycles. The lowest BCUT2D eigenvalue weighted by molar-refractivity contribution is 0.322. The van der Waals surface area contributed by atoms with Crippen LogP contribution in [0.2, 0.25) is 5.15 Å². The number of nitrogens with zero attached hydrogens (tertiary/aromatic N) is 2. The van der Waals surface area contributed by atoms with E-state index >= 15 is 0 Å². The number of nitriles is 1. The van der Waals surface area contributed by atoms with Crippen LogP contribution in [0.5, 0.6) is 0 Å². The summed E-state index contributed by atoms with van der Waals surface area (Å²) in [5.74, 6) is 2.09. The minimum Gasteiger partial charge on any atom is -0.396 e. The minimum atomic E-state index is 0.183. The number of pyridine rings is 1. The molecule has 92 valence electrons. The van der Waals surface area contributed by atoms with Crippen LogP contribution in [0, 0.1) is 18.3 Å². The third-order valence-electron chi connectivity index (χ3n) is 2.07. The third kappa shape index (κ3) is 4.43. The van der Waals surface area contributed by atoms with Crippen molar-refractivity contribution in [1.82, 2.24) is 4.98 Å². The van der Waals surface area contributed by atoms with Crippen molar-refractivity contribution in [3.05, 3.63) is 22.3 Å². The lowest BCUT2D eigenvalue weighted by Crippen LogP contribution is -2.09. The molecular formula is C11H14ClN3OS. The Hall–Kier alpha value is -0.960. The molecule has 0 radical (unpaired) electrons. The molecule has 0 aliphatic rings. The van der Waals surface area contributed by atoms with E-state index in [0.717, 1.165) is 17.1 Å². The fraction of sp³-hybridized carbons (Fsp3) is 0.455. The number of nitrogens with one attached hydrogen (secondary N) is 1. The van der Waals surface area contributed by atoms with Crippen molar-refractivity contribution < 1.29 is 5.11 Å². The van der Waals surface area contributed by atoms with E-state index in [2.05, 4.69) is 16.4 Å². The lowest BCUT2D eigenvalue weighted by atomic mass is 10.1. The van der Waals surface area contributed by atoms with E-state index < -0.39 is 0 Å². The van der Waals surface area contributed by atoms with Crippen LogP contribution in [0.3, 0.4) is 0 Å². The smallest absolute Gasteiger partial charge is 0.146 e. The van der Waals surface area contributed by atoms with Gasteiger partial charge in [0.1, 0.15) is 17.0 Å². The lowest BCUT2D eigenvalue weighted by Gasteiger charge is -2.09. The van der Waals surface area contributed by atoms with Gasteiger partial charge < -0.3 is 10.4 Å². The summed E-state index contributed by atoms with van der Waals surface area (Å²) in [4.78, 5) is 4.10. The molecule has 6 heteroatoms. The zero-order valence-electron chi connectivity index (χ0n) is 9.53. The molecule has 0 amide bonds. The molecule has 0 fully saturated rings. The highest BCUT2D eigenvalue weighted by Crippen LogP contribution is 2.20. The second kappa shape index (κ2) is 7.38. The van der Waals surface area contributed by atoms with Crippen molar-refractivity contribution in [2.75, 3.05) is 30.0 Å². The standard InChI is InChI=1S/C11H14ClN3OS/c1-8-6-10(12)15-11(9(8)7-13)14-2-4-17-5-3-16/h6,16H,2-5H2,1H3,(H,14,15). The van der Waals surface area contributed by atoms with Gasteiger partial charge in [0.25, 0.3) is 0 Å². The quantitative estimate of drug-likeness (QED) is 0.612. The van der Waals surface area contributed by atoms with Gasteiger partial charge in [-0.05, 0) is 18.6 Å². The molecule has 0 unspecified atom stereocenters. The Balaban J connectivity index is 2.61. The molecule has 1 heterocycles. The molecule has 0 aliphatic heterocycles. The molecule has 0 aliphatic carbocycles. The van der Waals surface area contributed by atoms with E-state index in [1.165, 1.54) is 0 Å². The number of aliphatic hydroxyl groups excluding tert-OH is 1. The van der Waals surface area contributed by atoms with Crippen LogP contribution >= 0.6 is 23.4 Å². The van der Waals surface area contributed by atoms with Gasteiger partial charge in [-0.25, -0.2) is 4.98 Å². The Labute approximate surface area is 110 Å². The summed E-state index contributed by atoms with van der Waals surface area (Å²) >= 11 is 7.48. The SMILES string of the molecule is Cc1cc(Cl)nc(NCCSCCO)c1C#N. The molecule has 0 saturated heterocycles. The van der Waals surface area contributed by atoms with Crippen molar-refractivity contribution in [2.45, 2.75) is 6.92 Å². The molecule has 17 heavy (non-hydrogen) atoms. The summed E-state index contributed by atoms with van der Waals surface area (Å²) < 4.78 is 0. The number of halogens is 1. The summed E-state index contributed by atoms with van der Waals surface area (Å²) in [6, 6.07) is 3.79. The maximum Gasteiger partial charge on any atom is 0.146 e. The van der Waals surface area contributed by atoms with Crippen molar-refractivity contribution in [1.29, 1.82) is 5.26 Å². The van der Waals surface area contributed by atoms with Gasteiger partial charge in [-0.3, -0.25) is 0 Å². The van der Waals surface area contributed by atoms with E-state index in [1.807, 2.05) is 6.92 Å². The average molecular weight is 272 g/mol. The van der Waals surface area contributed by atoms with E-state index in [9.17, 15) is 0 Å². The number of aryl methyl sites for hydroxylation is 1. The van der Waals surface area contributed by atoms with Gasteiger partial charge in [0.05, 0.1) is 12.2 Å². The van der Waals surface area contributed by atoms with Crippen LogP contribution in [0.25, 0.3) is 0 Å². The van der Waals surface area contributed by atoms with Gasteiger partial charge >= 0.3 is 0 Å². The largest absolute Gasteiger partial charge is 0.396 e. The van der Waals surface area contributed by atoms with Crippen LogP contribution < -0.4 is 5.32 Å². The van der Waals surface area contributed by atoms with Gasteiger partial charge in [-0.15, -0.1) is 0 Å². The number of aromatic nitrogens is 1. The molecular weight excluding hydrogens is 258 g/mol. The zero-order valence-corrected chi connectivity index (χ0v) is 11.1. The maximum atomic E-state index is 9.02. The fourth-order valence-electron chi connectivity index (χ4n) is 1.31. The highest BCUT2D eigenvalue weighted by Gasteiger charge is 2.08. The first kappa shape index (κ1) is 14.1. The van der Waals surface area contributed by atoms with Crippen LogP contribution in [-0.4, -0.2) is 34.7 Å². The number of hydrogen-bond donors (Lipinski definition) is 2. The Kier molecular flexibility index (Phi) is 6.12. The van der Waals surface area contributed by atoms with Crippen LogP contribution in [0.4, 0.5) is 5.82 Å². The molecule has 0 bridgehead atoms. The molecule has 4 nitrogen and oxygen atoms in total. The number of aliphatic hydroxyl groups is 1. The first-order chi connectivity index (χ1) is 8.19. The molecule has 0 spiro atoms. The Morgan fingerprint density at radius 1 is 1.59 bits per heavy atom. The van der Waals surface area contributed by atoms with E-state index in [1.54, 1.807) is 17.8 Å². The Morgan fingerprint density at radius 3 is 3.00 bits per heavy atom. The summed E-state index contributed by atoms with van der Waals surface area (Å²) in [6.45, 7) is 2.70. The normalized spacial score (nSPS) is 10.0. The molecule has 1 aromatic heterocycles. The van der Waals surface area contributed by atoms with E-state index in [0.29, 0.717) is 23.1 Å². The Morgan fingerprint density at radius 2 is 2.35 bits per heavy atom. The average Bonchev–Trinajstić information content (AvgIpc) is 2.28. The fourth-order valence-corrected chi connectivity index (χ4v) is 2.14. The molecule has 1 aromatic rings. The molecule has 2 N–H and O–H groups in total. The van der Waals surface area contributed by atoms with Gasteiger partial charge in [0.15, 0.2) is 0 Å². The van der Waals surface area contributed by atoms with Gasteiger partial charge in [-0.2, -0.15) is 17.0 Å². The third-order valence-corrected chi connectivity index (χ3v) is 3.23. The minimum absolute atomic E-state index is 0.183. The van der Waals surface area contributed by atoms with Crippen molar-refractivity contribution >= 4 is 29.2 Å². The Bertz CT molecular complexity index is 420. The maximum absolute atomic E-state index is 9.02. The van der Waals surface area contributed by atoms with Crippen molar-refractivity contribution in [2.24, 2.45) is 0 Å². The topological polar surface area (TPSA) is 68.9 Å². The van der Waals surface area contributed by atoms with Crippen LogP contribution in [-0.2, 0) is 0 Å². The predicted octanol–water partition coefficient (Wildman–Crippen LogP) is 2.05. The monoisotopic (exact) mass is 271 g/mol. The van der Waals surface area contributed by atoms with E-state index in [-0.39, 0.29) is 6.61 Å². The summed E-state index contributed by atoms with van der Waals surface area (Å²) in [6.07, 6.45) is 0. The summed E-state index contributed by atoms with van der Waals surface area (Å²) in [5.41, 5.74) is 1.35. The van der Waals surface area contributed by atoms with Crippen molar-refractivity contribution in [3.8, 4) is 6.07 Å². The van der Waals surface area contributed by atoms with E-state index in [4.69, 9.17) is 22.0 Å². The summed E-state index contributed by atoms with van der Waals surface area (Å²) in [7, 11) is 0. The zero-order chi connectivity index (χ0) is 12.7. The summed E-state index contributed by atoms with van der Waals surface area (Å²) in [5, 5.41) is 21.1. The number of hydrogen-bond acceptors (Lipinski definition) is 5. The second-order valence-corrected chi connectivity index (χ2v) is 4.97. The molecule has 0 atom stereocenters. The first-order valence-corrected chi connectivity index (χ1v) is 6.72. The first-order valence-electron chi connectivity index (χ1n) is 5.18. The molecule has 0 aromatic carbocycles. The van der Waals surface area contributed by atoms with Gasteiger partial charge in [-0.1, -0.05) is 11.6 Å². The highest BCUT2D eigenvalue weighted by atomic mass is 35.5. The van der Waals surface area contributed by atoms with Crippen LogP contribution in [0.1, 0.15) is 11.1 Å². The number of thioether (sulfide) groups is 1. The number of rotatable bonds is 6. The highest BCUT2D eigenvalue weighted by molar-refractivity contribution is 7.99. The van der Waals surface area contributed by atoms with Crippen LogP contribution in [0.15, 0.2) is 6.07 Å². The second-order valence-electron chi connectivity index (χ2n) is 3.36. The van der Waals surface area contributed by atoms with Gasteiger partial charge in [0, 0.05) is 18.1 Å². The number of anilines is 1.